The molecule has 1 aliphatic heterocycles. The van der Waals surface area contributed by atoms with Crippen molar-refractivity contribution < 1.29 is 18.0 Å². The maximum Gasteiger partial charge on any atom is 0.251 e. The molecule has 0 radical (unpaired) electrons. The van der Waals surface area contributed by atoms with E-state index < -0.39 is 21.8 Å². The second kappa shape index (κ2) is 5.96. The van der Waals surface area contributed by atoms with Gasteiger partial charge in [-0.3, -0.25) is 9.59 Å². The number of benzene rings is 1. The number of amides is 2. The van der Waals surface area contributed by atoms with E-state index in [1.165, 1.54) is 6.07 Å². The van der Waals surface area contributed by atoms with E-state index in [9.17, 15) is 18.0 Å². The predicted molar refractivity (Wildman–Crippen MR) is 86.6 cm³/mol. The molecule has 23 heavy (non-hydrogen) atoms. The van der Waals surface area contributed by atoms with Crippen molar-refractivity contribution in [3.05, 3.63) is 29.8 Å². The Bertz CT molecular complexity index is 738. The van der Waals surface area contributed by atoms with E-state index >= 15 is 0 Å². The van der Waals surface area contributed by atoms with Crippen LogP contribution in [0.15, 0.2) is 24.3 Å². The van der Waals surface area contributed by atoms with Crippen LogP contribution in [0.25, 0.3) is 0 Å². The van der Waals surface area contributed by atoms with Crippen molar-refractivity contribution in [3.63, 3.8) is 0 Å². The van der Waals surface area contributed by atoms with Gasteiger partial charge in [-0.2, -0.15) is 0 Å². The molecule has 7 heteroatoms. The molecule has 2 aliphatic rings. The van der Waals surface area contributed by atoms with E-state index in [0.29, 0.717) is 5.56 Å². The average Bonchev–Trinajstić information content (AvgIpc) is 3.06. The Morgan fingerprint density at radius 3 is 2.57 bits per heavy atom. The number of sulfonamides is 1. The van der Waals surface area contributed by atoms with Crippen molar-refractivity contribution in [2.45, 2.75) is 38.6 Å². The van der Waals surface area contributed by atoms with Gasteiger partial charge in [-0.15, -0.1) is 0 Å². The van der Waals surface area contributed by atoms with Crippen molar-refractivity contribution in [3.8, 4) is 0 Å². The van der Waals surface area contributed by atoms with Crippen LogP contribution in [0.4, 0.5) is 5.69 Å². The molecule has 1 aromatic rings. The minimum atomic E-state index is -3.65. The summed E-state index contributed by atoms with van der Waals surface area (Å²) in [6.07, 6.45) is 4.18. The first-order valence-electron chi connectivity index (χ1n) is 7.86. The van der Waals surface area contributed by atoms with Crippen LogP contribution >= 0.6 is 0 Å². The third-order valence-electron chi connectivity index (χ3n) is 4.39. The molecule has 6 nitrogen and oxygen atoms in total. The van der Waals surface area contributed by atoms with Crippen LogP contribution in [0.5, 0.6) is 0 Å². The highest BCUT2D eigenvalue weighted by Gasteiger charge is 2.42. The fraction of sp³-hybridized carbons (Fsp3) is 0.500. The molecule has 1 aromatic carbocycles. The van der Waals surface area contributed by atoms with Crippen molar-refractivity contribution in [1.29, 1.82) is 0 Å². The molecule has 0 unspecified atom stereocenters. The quantitative estimate of drug-likeness (QED) is 0.910. The fourth-order valence-electron chi connectivity index (χ4n) is 3.20. The van der Waals surface area contributed by atoms with Gasteiger partial charge >= 0.3 is 0 Å². The Morgan fingerprint density at radius 2 is 1.96 bits per heavy atom. The summed E-state index contributed by atoms with van der Waals surface area (Å²) in [5.74, 6) is -1.42. The summed E-state index contributed by atoms with van der Waals surface area (Å²) in [7, 11) is -3.65. The molecule has 0 bridgehead atoms. The van der Waals surface area contributed by atoms with Crippen LogP contribution in [-0.4, -0.2) is 32.0 Å². The van der Waals surface area contributed by atoms with Gasteiger partial charge in [-0.1, -0.05) is 25.8 Å². The van der Waals surface area contributed by atoms with Crippen LogP contribution in [0.2, 0.25) is 0 Å². The third kappa shape index (κ3) is 3.10. The van der Waals surface area contributed by atoms with Crippen LogP contribution in [0.1, 0.15) is 43.0 Å². The number of nitrogens with zero attached hydrogens (tertiary/aromatic N) is 1. The maximum atomic E-state index is 12.3. The summed E-state index contributed by atoms with van der Waals surface area (Å²) in [6, 6.07) is 6.43. The molecule has 2 fully saturated rings. The Kier molecular flexibility index (Phi) is 4.14. The first-order chi connectivity index (χ1) is 10.9. The van der Waals surface area contributed by atoms with E-state index in [-0.39, 0.29) is 23.4 Å². The van der Waals surface area contributed by atoms with Gasteiger partial charge in [0, 0.05) is 11.6 Å². The standard InChI is InChI=1S/C16H20N2O4S/c1-11-10-23(21,22)18(16(11)20)14-8-4-5-12(9-14)15(19)17-13-6-2-3-7-13/h4-5,8-9,11,13H,2-3,6-7,10H2,1H3,(H,17,19)/t11-/m0/s1. The average molecular weight is 336 g/mol. The molecule has 1 heterocycles. The first-order valence-corrected chi connectivity index (χ1v) is 9.47. The number of carbonyl (C=O) groups excluding carboxylic acids is 2. The Balaban J connectivity index is 1.85. The van der Waals surface area contributed by atoms with Crippen molar-refractivity contribution in [1.82, 2.24) is 5.32 Å². The molecular formula is C16H20N2O4S. The number of hydrogen-bond acceptors (Lipinski definition) is 4. The van der Waals surface area contributed by atoms with Gasteiger partial charge < -0.3 is 5.32 Å². The largest absolute Gasteiger partial charge is 0.349 e. The lowest BCUT2D eigenvalue weighted by Gasteiger charge is -2.17. The lowest BCUT2D eigenvalue weighted by molar-refractivity contribution is -0.119. The normalized spacial score (nSPS) is 24.1. The molecule has 1 saturated carbocycles. The molecule has 124 valence electrons. The highest BCUT2D eigenvalue weighted by Crippen LogP contribution is 2.29. The van der Waals surface area contributed by atoms with Gasteiger partial charge in [0.2, 0.25) is 15.9 Å². The van der Waals surface area contributed by atoms with Crippen LogP contribution < -0.4 is 9.62 Å². The molecule has 2 amide bonds. The molecule has 1 saturated heterocycles. The zero-order valence-corrected chi connectivity index (χ0v) is 13.8. The van der Waals surface area contributed by atoms with E-state index in [0.717, 1.165) is 30.0 Å². The first kappa shape index (κ1) is 16.0. The maximum absolute atomic E-state index is 12.3. The van der Waals surface area contributed by atoms with Crippen LogP contribution in [0.3, 0.4) is 0 Å². The predicted octanol–water partition coefficient (Wildman–Crippen LogP) is 1.67. The highest BCUT2D eigenvalue weighted by atomic mass is 32.2. The summed E-state index contributed by atoms with van der Waals surface area (Å²) in [5, 5.41) is 2.96. The fourth-order valence-corrected chi connectivity index (χ4v) is 5.01. The van der Waals surface area contributed by atoms with Crippen LogP contribution in [-0.2, 0) is 14.8 Å². The molecule has 0 aromatic heterocycles. The minimum Gasteiger partial charge on any atom is -0.349 e. The molecule has 0 spiro atoms. The van der Waals surface area contributed by atoms with Gasteiger partial charge in [-0.05, 0) is 31.0 Å². The lowest BCUT2D eigenvalue weighted by atomic mass is 10.1. The van der Waals surface area contributed by atoms with E-state index in [2.05, 4.69) is 5.32 Å². The summed E-state index contributed by atoms with van der Waals surface area (Å²) >= 11 is 0. The minimum absolute atomic E-state index is 0.184. The smallest absolute Gasteiger partial charge is 0.251 e. The van der Waals surface area contributed by atoms with Gasteiger partial charge in [0.25, 0.3) is 5.91 Å². The highest BCUT2D eigenvalue weighted by molar-refractivity contribution is 7.94. The van der Waals surface area contributed by atoms with Crippen molar-refractivity contribution in [2.24, 2.45) is 5.92 Å². The molecule has 1 aliphatic carbocycles. The number of hydrogen-bond donors (Lipinski definition) is 1. The van der Waals surface area contributed by atoms with Gasteiger partial charge in [0.15, 0.2) is 0 Å². The second-order valence-corrected chi connectivity index (χ2v) is 8.15. The van der Waals surface area contributed by atoms with E-state index in [4.69, 9.17) is 0 Å². The topological polar surface area (TPSA) is 83.6 Å². The summed E-state index contributed by atoms with van der Waals surface area (Å²) in [5.41, 5.74) is 0.607. The van der Waals surface area contributed by atoms with Crippen LogP contribution in [0, 0.1) is 5.92 Å². The Morgan fingerprint density at radius 1 is 1.26 bits per heavy atom. The number of anilines is 1. The Labute approximate surface area is 135 Å². The summed E-state index contributed by atoms with van der Waals surface area (Å²) in [6.45, 7) is 1.59. The SMILES string of the molecule is C[C@H]1CS(=O)(=O)N(c2cccc(C(=O)NC3CCCC3)c2)C1=O. The second-order valence-electron chi connectivity index (χ2n) is 6.29. The van der Waals surface area contributed by atoms with Crippen molar-refractivity contribution >= 4 is 27.5 Å². The molecular weight excluding hydrogens is 316 g/mol. The number of rotatable bonds is 3. The van der Waals surface area contributed by atoms with E-state index in [1.54, 1.807) is 25.1 Å². The lowest BCUT2D eigenvalue weighted by Crippen LogP contribution is -2.33. The molecule has 1 atom stereocenters. The Hall–Kier alpha value is -1.89. The zero-order chi connectivity index (χ0) is 16.6. The van der Waals surface area contributed by atoms with Crippen molar-refractivity contribution in [2.75, 3.05) is 10.1 Å². The third-order valence-corrected chi connectivity index (χ3v) is 6.26. The monoisotopic (exact) mass is 336 g/mol. The summed E-state index contributed by atoms with van der Waals surface area (Å²) < 4.78 is 25.1. The van der Waals surface area contributed by atoms with Gasteiger partial charge in [-0.25, -0.2) is 12.7 Å². The number of carbonyl (C=O) groups is 2. The van der Waals surface area contributed by atoms with Gasteiger partial charge in [0.05, 0.1) is 17.4 Å². The summed E-state index contributed by atoms with van der Waals surface area (Å²) in [4.78, 5) is 24.4. The van der Waals surface area contributed by atoms with Gasteiger partial charge in [0.1, 0.15) is 0 Å². The van der Waals surface area contributed by atoms with E-state index in [1.807, 2.05) is 0 Å². The molecule has 3 rings (SSSR count). The molecule has 1 N–H and O–H groups in total. The number of nitrogens with one attached hydrogen (secondary N) is 1. The zero-order valence-electron chi connectivity index (χ0n) is 13.0.